The molecule has 1 unspecified atom stereocenters. The number of fused-ring (bicyclic) bond motifs is 18. The fourth-order valence-corrected chi connectivity index (χ4v) is 11.8. The van der Waals surface area contributed by atoms with E-state index >= 15 is 0 Å². The second-order valence-corrected chi connectivity index (χ2v) is 17.6. The highest BCUT2D eigenvalue weighted by Crippen LogP contribution is 2.63. The molecule has 0 saturated carbocycles. The molecule has 0 radical (unpaired) electrons. The SMILES string of the molecule is [C-]#[N+]c1ccc2c(c1)c1ccccc1n2-c1ccc2c(c1)Oc1cccc(-n3c4ccccc4c4ccccc43)c1C21c2cccnc2-c2ncc(-n3c4ccccc4c4ccccc43)cc21. The van der Waals surface area contributed by atoms with Crippen LogP contribution < -0.4 is 4.74 Å². The van der Waals surface area contributed by atoms with Gasteiger partial charge in [-0.15, -0.1) is 0 Å². The van der Waals surface area contributed by atoms with Crippen LogP contribution in [0.25, 0.3) is 98.7 Å². The van der Waals surface area contributed by atoms with Gasteiger partial charge in [0, 0.05) is 61.6 Å². The van der Waals surface area contributed by atoms with Gasteiger partial charge in [0.15, 0.2) is 5.69 Å². The van der Waals surface area contributed by atoms with Crippen molar-refractivity contribution in [2.45, 2.75) is 5.41 Å². The summed E-state index contributed by atoms with van der Waals surface area (Å²) in [5.41, 5.74) is 15.0. The minimum atomic E-state index is -0.934. The number of nitrogens with zero attached hydrogens (tertiary/aromatic N) is 6. The van der Waals surface area contributed by atoms with Crippen LogP contribution in [0.3, 0.4) is 0 Å². The summed E-state index contributed by atoms with van der Waals surface area (Å²) in [6.45, 7) is 7.80. The molecule has 7 nitrogen and oxygen atoms in total. The van der Waals surface area contributed by atoms with Crippen LogP contribution >= 0.6 is 0 Å². The van der Waals surface area contributed by atoms with E-state index in [9.17, 15) is 0 Å². The third-order valence-corrected chi connectivity index (χ3v) is 14.4. The van der Waals surface area contributed by atoms with E-state index < -0.39 is 5.41 Å². The quantitative estimate of drug-likeness (QED) is 0.166. The van der Waals surface area contributed by atoms with Gasteiger partial charge in [0.1, 0.15) is 11.5 Å². The molecule has 1 atom stereocenters. The lowest BCUT2D eigenvalue weighted by molar-refractivity contribution is 0.435. The molecule has 0 saturated heterocycles. The molecule has 1 spiro atoms. The lowest BCUT2D eigenvalue weighted by Gasteiger charge is -2.40. The standard InChI is InChI=1S/C60H34N6O/c1-61-36-27-30-53-44(32-36)43-18-6-9-22-50(43)64(53)37-28-29-45-56(34-37)67-55-26-12-25-54(66-51-23-10-4-16-41(51)42-17-5-11-24-52(42)66)57(55)60(45)46-19-13-31-62-58(46)59-47(60)33-38(35-63-59)65-48-20-7-2-14-39(48)40-15-3-8-21-49(40)65/h2-35H. The van der Waals surface area contributed by atoms with Crippen molar-refractivity contribution in [3.8, 4) is 39.9 Å². The van der Waals surface area contributed by atoms with Crippen molar-refractivity contribution in [2.24, 2.45) is 0 Å². The third kappa shape index (κ3) is 4.63. The molecular formula is C60H34N6O. The predicted molar refractivity (Wildman–Crippen MR) is 269 cm³/mol. The highest BCUT2D eigenvalue weighted by molar-refractivity contribution is 6.12. The van der Waals surface area contributed by atoms with E-state index in [0.717, 1.165) is 106 Å². The van der Waals surface area contributed by atoms with E-state index in [2.05, 4.69) is 201 Å². The molecule has 7 heteroatoms. The van der Waals surface area contributed by atoms with Gasteiger partial charge in [0.25, 0.3) is 0 Å². The zero-order valence-corrected chi connectivity index (χ0v) is 35.7. The fourth-order valence-electron chi connectivity index (χ4n) is 11.8. The van der Waals surface area contributed by atoms with Crippen LogP contribution in [0.1, 0.15) is 22.3 Å². The maximum Gasteiger partial charge on any atom is 0.188 e. The van der Waals surface area contributed by atoms with Crippen molar-refractivity contribution in [1.82, 2.24) is 23.7 Å². The number of hydrogen-bond acceptors (Lipinski definition) is 3. The summed E-state index contributed by atoms with van der Waals surface area (Å²) >= 11 is 0. The molecule has 67 heavy (non-hydrogen) atoms. The third-order valence-electron chi connectivity index (χ3n) is 14.4. The lowest BCUT2D eigenvalue weighted by atomic mass is 9.65. The maximum absolute atomic E-state index is 7.80. The Balaban J connectivity index is 1.08. The van der Waals surface area contributed by atoms with Gasteiger partial charge in [-0.25, -0.2) is 4.85 Å². The average Bonchev–Trinajstić information content (AvgIpc) is 4.10. The second kappa shape index (κ2) is 13.2. The molecule has 15 rings (SSSR count). The molecule has 13 aromatic rings. The van der Waals surface area contributed by atoms with Gasteiger partial charge in [-0.3, -0.25) is 9.97 Å². The molecule has 0 bridgehead atoms. The first kappa shape index (κ1) is 36.1. The molecule has 1 aliphatic carbocycles. The first-order valence-corrected chi connectivity index (χ1v) is 22.5. The first-order valence-electron chi connectivity index (χ1n) is 22.5. The van der Waals surface area contributed by atoms with Crippen molar-refractivity contribution in [2.75, 3.05) is 0 Å². The highest BCUT2D eigenvalue weighted by atomic mass is 16.5. The van der Waals surface area contributed by atoms with Crippen molar-refractivity contribution >= 4 is 71.1 Å². The Morgan fingerprint density at radius 1 is 0.418 bits per heavy atom. The van der Waals surface area contributed by atoms with Crippen LogP contribution in [0.15, 0.2) is 207 Å². The highest BCUT2D eigenvalue weighted by Gasteiger charge is 2.54. The van der Waals surface area contributed by atoms with E-state index in [1.165, 1.54) is 21.5 Å². The van der Waals surface area contributed by atoms with Crippen molar-refractivity contribution in [3.05, 3.63) is 240 Å². The van der Waals surface area contributed by atoms with Gasteiger partial charge in [0.05, 0.1) is 74.0 Å². The Morgan fingerprint density at radius 2 is 0.985 bits per heavy atom. The maximum atomic E-state index is 7.80. The van der Waals surface area contributed by atoms with E-state index in [-0.39, 0.29) is 0 Å². The minimum absolute atomic E-state index is 0.614. The van der Waals surface area contributed by atoms with Crippen LogP contribution in [0.2, 0.25) is 0 Å². The number of pyridine rings is 2. The molecule has 0 amide bonds. The molecule has 0 N–H and O–H groups in total. The van der Waals surface area contributed by atoms with Crippen LogP contribution in [0.5, 0.6) is 11.5 Å². The molecule has 5 aromatic heterocycles. The number of ether oxygens (including phenoxy) is 1. The molecule has 6 heterocycles. The largest absolute Gasteiger partial charge is 0.457 e. The Kier molecular flexibility index (Phi) is 7.10. The van der Waals surface area contributed by atoms with E-state index in [1.54, 1.807) is 0 Å². The van der Waals surface area contributed by atoms with Crippen molar-refractivity contribution in [1.29, 1.82) is 0 Å². The summed E-state index contributed by atoms with van der Waals surface area (Å²) in [4.78, 5) is 14.4. The Bertz CT molecular complexity index is 4250. The van der Waals surface area contributed by atoms with E-state index in [4.69, 9.17) is 21.3 Å². The lowest BCUT2D eigenvalue weighted by Crippen LogP contribution is -2.34. The summed E-state index contributed by atoms with van der Waals surface area (Å²) in [7, 11) is 0. The normalized spacial score (nSPS) is 14.7. The zero-order chi connectivity index (χ0) is 44.0. The molecule has 1 aliphatic heterocycles. The Labute approximate surface area is 383 Å². The number of rotatable bonds is 3. The van der Waals surface area contributed by atoms with Gasteiger partial charge < -0.3 is 18.4 Å². The van der Waals surface area contributed by atoms with E-state index in [0.29, 0.717) is 5.69 Å². The number of para-hydroxylation sites is 5. The van der Waals surface area contributed by atoms with Gasteiger partial charge in [-0.2, -0.15) is 0 Å². The average molecular weight is 855 g/mol. The predicted octanol–water partition coefficient (Wildman–Crippen LogP) is 14.8. The van der Waals surface area contributed by atoms with Crippen LogP contribution in [-0.4, -0.2) is 23.7 Å². The summed E-state index contributed by atoms with van der Waals surface area (Å²) in [5.74, 6) is 1.51. The zero-order valence-electron chi connectivity index (χ0n) is 35.7. The fraction of sp³-hybridized carbons (Fsp3) is 0.0167. The summed E-state index contributed by atoms with van der Waals surface area (Å²) in [5, 5.41) is 6.88. The molecule has 0 fully saturated rings. The van der Waals surface area contributed by atoms with Gasteiger partial charge in [-0.1, -0.05) is 115 Å². The number of aromatic nitrogens is 5. The molecule has 8 aromatic carbocycles. The summed E-state index contributed by atoms with van der Waals surface area (Å²) in [6, 6.07) is 68.9. The van der Waals surface area contributed by atoms with Gasteiger partial charge in [-0.05, 0) is 83.7 Å². The number of benzene rings is 8. The van der Waals surface area contributed by atoms with Crippen LogP contribution in [0, 0.1) is 6.57 Å². The van der Waals surface area contributed by atoms with Crippen LogP contribution in [-0.2, 0) is 5.41 Å². The topological polar surface area (TPSA) is 54.2 Å². The Morgan fingerprint density at radius 3 is 1.63 bits per heavy atom. The van der Waals surface area contributed by atoms with E-state index in [1.807, 2.05) is 24.5 Å². The second-order valence-electron chi connectivity index (χ2n) is 17.6. The first-order chi connectivity index (χ1) is 33.2. The smallest absolute Gasteiger partial charge is 0.188 e. The summed E-state index contributed by atoms with van der Waals surface area (Å²) < 4.78 is 14.4. The van der Waals surface area contributed by atoms with Gasteiger partial charge in [0.2, 0.25) is 0 Å². The minimum Gasteiger partial charge on any atom is -0.457 e. The van der Waals surface area contributed by atoms with Gasteiger partial charge >= 0.3 is 0 Å². The molecule has 2 aliphatic rings. The molecule has 310 valence electrons. The van der Waals surface area contributed by atoms with Crippen molar-refractivity contribution < 1.29 is 4.74 Å². The van der Waals surface area contributed by atoms with Crippen molar-refractivity contribution in [3.63, 3.8) is 0 Å². The number of hydrogen-bond donors (Lipinski definition) is 0. The monoisotopic (exact) mass is 854 g/mol. The summed E-state index contributed by atoms with van der Waals surface area (Å²) in [6.07, 6.45) is 3.90. The molecular weight excluding hydrogens is 821 g/mol. The Hall–Kier alpha value is -9.25. The van der Waals surface area contributed by atoms with Crippen LogP contribution in [0.4, 0.5) is 5.69 Å².